The Hall–Kier alpha value is -1.91. The van der Waals surface area contributed by atoms with Crippen LogP contribution in [0.4, 0.5) is 5.95 Å². The van der Waals surface area contributed by atoms with E-state index in [1.807, 2.05) is 12.3 Å². The quantitative estimate of drug-likeness (QED) is 0.739. The molecule has 0 aromatic carbocycles. The molecule has 0 aliphatic carbocycles. The Morgan fingerprint density at radius 1 is 1.29 bits per heavy atom. The maximum atomic E-state index is 5.46. The molecule has 2 aromatic heterocycles. The second-order valence-electron chi connectivity index (χ2n) is 3.03. The van der Waals surface area contributed by atoms with Crippen molar-refractivity contribution in [1.29, 1.82) is 0 Å². The van der Waals surface area contributed by atoms with Crippen LogP contribution in [0.3, 0.4) is 0 Å². The second-order valence-corrected chi connectivity index (χ2v) is 3.03. The van der Waals surface area contributed by atoms with E-state index in [-0.39, 0.29) is 0 Å². The minimum absolute atomic E-state index is 0.466. The standard InChI is InChI=1S/C9H11N5/c10-9-11-6-8(14-9)2-1-7-3-4-12-13-5-7/h3-6H,1-2H2,(H3,10,11,14). The molecule has 5 nitrogen and oxygen atoms in total. The lowest BCUT2D eigenvalue weighted by Gasteiger charge is -1.96. The lowest BCUT2D eigenvalue weighted by molar-refractivity contribution is 0.898. The number of hydrogen-bond acceptors (Lipinski definition) is 4. The Balaban J connectivity index is 1.95. The molecule has 0 spiro atoms. The SMILES string of the molecule is Nc1nc(CCc2ccnnc2)c[nH]1. The Morgan fingerprint density at radius 2 is 2.21 bits per heavy atom. The molecule has 0 atom stereocenters. The molecule has 5 heteroatoms. The van der Waals surface area contributed by atoms with Crippen LogP contribution < -0.4 is 5.73 Å². The number of H-pyrrole nitrogens is 1. The number of hydrogen-bond donors (Lipinski definition) is 2. The molecule has 0 aliphatic rings. The van der Waals surface area contributed by atoms with Crippen LogP contribution in [0.5, 0.6) is 0 Å². The Bertz CT molecular complexity index is 395. The number of anilines is 1. The van der Waals surface area contributed by atoms with Gasteiger partial charge in [0.2, 0.25) is 0 Å². The van der Waals surface area contributed by atoms with Gasteiger partial charge in [-0.3, -0.25) is 0 Å². The molecule has 0 saturated carbocycles. The van der Waals surface area contributed by atoms with Crippen molar-refractivity contribution < 1.29 is 0 Å². The first-order valence-electron chi connectivity index (χ1n) is 4.40. The van der Waals surface area contributed by atoms with Crippen molar-refractivity contribution in [3.8, 4) is 0 Å². The van der Waals surface area contributed by atoms with Gasteiger partial charge in [0.1, 0.15) is 0 Å². The first-order chi connectivity index (χ1) is 6.84. The maximum absolute atomic E-state index is 5.46. The number of nitrogens with two attached hydrogens (primary N) is 1. The van der Waals surface area contributed by atoms with Crippen molar-refractivity contribution in [2.24, 2.45) is 0 Å². The van der Waals surface area contributed by atoms with Gasteiger partial charge in [0.15, 0.2) is 5.95 Å². The third-order valence-corrected chi connectivity index (χ3v) is 1.97. The number of rotatable bonds is 3. The average molecular weight is 189 g/mol. The zero-order valence-electron chi connectivity index (χ0n) is 7.64. The fraction of sp³-hybridized carbons (Fsp3) is 0.222. The van der Waals surface area contributed by atoms with Crippen LogP contribution >= 0.6 is 0 Å². The molecule has 0 bridgehead atoms. The van der Waals surface area contributed by atoms with Crippen molar-refractivity contribution >= 4 is 5.95 Å². The largest absolute Gasteiger partial charge is 0.369 e. The zero-order chi connectivity index (χ0) is 9.80. The average Bonchev–Trinajstić information content (AvgIpc) is 2.63. The van der Waals surface area contributed by atoms with Crippen molar-refractivity contribution in [3.05, 3.63) is 35.9 Å². The van der Waals surface area contributed by atoms with Crippen LogP contribution in [0.25, 0.3) is 0 Å². The first kappa shape index (κ1) is 8.68. The maximum Gasteiger partial charge on any atom is 0.197 e. The number of aromatic amines is 1. The van der Waals surface area contributed by atoms with Gasteiger partial charge in [0.05, 0.1) is 11.9 Å². The van der Waals surface area contributed by atoms with E-state index < -0.39 is 0 Å². The van der Waals surface area contributed by atoms with Gasteiger partial charge in [-0.05, 0) is 24.5 Å². The first-order valence-corrected chi connectivity index (χ1v) is 4.40. The van der Waals surface area contributed by atoms with E-state index in [2.05, 4.69) is 20.2 Å². The molecule has 3 N–H and O–H groups in total. The number of nitrogens with zero attached hydrogens (tertiary/aromatic N) is 3. The summed E-state index contributed by atoms with van der Waals surface area (Å²) in [6.45, 7) is 0. The van der Waals surface area contributed by atoms with Gasteiger partial charge in [-0.25, -0.2) is 4.98 Å². The summed E-state index contributed by atoms with van der Waals surface area (Å²) in [6.07, 6.45) is 7.04. The Kier molecular flexibility index (Phi) is 2.40. The second kappa shape index (κ2) is 3.87. The van der Waals surface area contributed by atoms with Gasteiger partial charge in [-0.2, -0.15) is 10.2 Å². The highest BCUT2D eigenvalue weighted by atomic mass is 15.1. The lowest BCUT2D eigenvalue weighted by atomic mass is 10.1. The van der Waals surface area contributed by atoms with Crippen molar-refractivity contribution in [2.75, 3.05) is 5.73 Å². The summed E-state index contributed by atoms with van der Waals surface area (Å²) >= 11 is 0. The Labute approximate surface area is 81.4 Å². The molecule has 72 valence electrons. The molecule has 0 aliphatic heterocycles. The summed E-state index contributed by atoms with van der Waals surface area (Å²) in [4.78, 5) is 6.96. The highest BCUT2D eigenvalue weighted by molar-refractivity contribution is 5.19. The molecule has 0 amide bonds. The van der Waals surface area contributed by atoms with Crippen LogP contribution in [0.15, 0.2) is 24.7 Å². The molecule has 0 saturated heterocycles. The van der Waals surface area contributed by atoms with Gasteiger partial charge in [0, 0.05) is 12.4 Å². The number of nitrogens with one attached hydrogen (secondary N) is 1. The monoisotopic (exact) mass is 189 g/mol. The van der Waals surface area contributed by atoms with Crippen molar-refractivity contribution in [1.82, 2.24) is 20.2 Å². The van der Waals surface area contributed by atoms with Crippen molar-refractivity contribution in [2.45, 2.75) is 12.8 Å². The van der Waals surface area contributed by atoms with Gasteiger partial charge >= 0.3 is 0 Å². The molecule has 0 fully saturated rings. The van der Waals surface area contributed by atoms with Gasteiger partial charge < -0.3 is 10.7 Å². The topological polar surface area (TPSA) is 80.5 Å². The summed E-state index contributed by atoms with van der Waals surface area (Å²) in [5.74, 6) is 0.466. The van der Waals surface area contributed by atoms with E-state index in [1.165, 1.54) is 0 Å². The van der Waals surface area contributed by atoms with Crippen molar-refractivity contribution in [3.63, 3.8) is 0 Å². The van der Waals surface area contributed by atoms with E-state index in [0.717, 1.165) is 24.1 Å². The van der Waals surface area contributed by atoms with Gasteiger partial charge in [-0.1, -0.05) is 0 Å². The van der Waals surface area contributed by atoms with Gasteiger partial charge in [-0.15, -0.1) is 0 Å². The van der Waals surface area contributed by atoms with Gasteiger partial charge in [0.25, 0.3) is 0 Å². The smallest absolute Gasteiger partial charge is 0.197 e. The summed E-state index contributed by atoms with van der Waals surface area (Å²) in [5, 5.41) is 7.51. The highest BCUT2D eigenvalue weighted by Gasteiger charge is 1.99. The van der Waals surface area contributed by atoms with E-state index in [1.54, 1.807) is 12.4 Å². The zero-order valence-corrected chi connectivity index (χ0v) is 7.64. The summed E-state index contributed by atoms with van der Waals surface area (Å²) < 4.78 is 0. The number of nitrogen functional groups attached to an aromatic ring is 1. The number of aromatic nitrogens is 4. The third kappa shape index (κ3) is 2.07. The molecular weight excluding hydrogens is 178 g/mol. The van der Waals surface area contributed by atoms with E-state index in [0.29, 0.717) is 5.95 Å². The third-order valence-electron chi connectivity index (χ3n) is 1.97. The predicted octanol–water partition coefficient (Wildman–Crippen LogP) is 0.567. The van der Waals surface area contributed by atoms with Crippen LogP contribution in [-0.4, -0.2) is 20.2 Å². The summed E-state index contributed by atoms with van der Waals surface area (Å²) in [6, 6.07) is 1.95. The van der Waals surface area contributed by atoms with Crippen LogP contribution in [-0.2, 0) is 12.8 Å². The van der Waals surface area contributed by atoms with Crippen LogP contribution in [0.1, 0.15) is 11.3 Å². The van der Waals surface area contributed by atoms with E-state index in [9.17, 15) is 0 Å². The van der Waals surface area contributed by atoms with E-state index >= 15 is 0 Å². The van der Waals surface area contributed by atoms with Crippen LogP contribution in [0.2, 0.25) is 0 Å². The minimum atomic E-state index is 0.466. The molecule has 2 aromatic rings. The molecule has 0 radical (unpaired) electrons. The molecule has 2 heterocycles. The summed E-state index contributed by atoms with van der Waals surface area (Å²) in [7, 11) is 0. The van der Waals surface area contributed by atoms with Crippen LogP contribution in [0, 0.1) is 0 Å². The fourth-order valence-electron chi connectivity index (χ4n) is 1.24. The summed E-state index contributed by atoms with van der Waals surface area (Å²) in [5.41, 5.74) is 7.58. The normalized spacial score (nSPS) is 10.3. The predicted molar refractivity (Wildman–Crippen MR) is 52.4 cm³/mol. The number of aryl methyl sites for hydroxylation is 2. The lowest BCUT2D eigenvalue weighted by Crippen LogP contribution is -1.93. The Morgan fingerprint density at radius 3 is 2.86 bits per heavy atom. The molecule has 14 heavy (non-hydrogen) atoms. The molecule has 2 rings (SSSR count). The molecule has 0 unspecified atom stereocenters. The number of imidazole rings is 1. The molecular formula is C9H11N5. The van der Waals surface area contributed by atoms with E-state index in [4.69, 9.17) is 5.73 Å². The minimum Gasteiger partial charge on any atom is -0.369 e. The fourth-order valence-corrected chi connectivity index (χ4v) is 1.24. The highest BCUT2D eigenvalue weighted by Crippen LogP contribution is 2.04.